The van der Waals surface area contributed by atoms with Crippen LogP contribution in [0.1, 0.15) is 29.4 Å². The van der Waals surface area contributed by atoms with Crippen molar-refractivity contribution in [2.75, 3.05) is 7.11 Å². The molecule has 4 aromatic rings. The number of ether oxygens (including phenoxy) is 1. The third-order valence-corrected chi connectivity index (χ3v) is 5.14. The van der Waals surface area contributed by atoms with Gasteiger partial charge in [0.1, 0.15) is 11.6 Å². The highest BCUT2D eigenvalue weighted by atomic mass is 16.5. The third-order valence-electron chi connectivity index (χ3n) is 5.14. The SMILES string of the molecule is COc1ccc([C@H](NC(=O)CCc2nc3ccccc3c(=O)[nH]2)c2ccccc2)cc1. The van der Waals surface area contributed by atoms with E-state index in [0.29, 0.717) is 23.1 Å². The molecule has 1 aromatic heterocycles. The molecule has 0 unspecified atom stereocenters. The van der Waals surface area contributed by atoms with Crippen LogP contribution < -0.4 is 15.6 Å². The molecule has 0 aliphatic heterocycles. The molecule has 1 amide bonds. The summed E-state index contributed by atoms with van der Waals surface area (Å²) in [5.41, 5.74) is 2.37. The lowest BCUT2D eigenvalue weighted by Gasteiger charge is -2.20. The summed E-state index contributed by atoms with van der Waals surface area (Å²) in [5.74, 6) is 1.13. The normalized spacial score (nSPS) is 11.8. The molecule has 0 saturated heterocycles. The Morgan fingerprint density at radius 3 is 2.39 bits per heavy atom. The van der Waals surface area contributed by atoms with Gasteiger partial charge in [0, 0.05) is 12.8 Å². The molecule has 3 aromatic carbocycles. The maximum absolute atomic E-state index is 12.8. The number of benzene rings is 3. The molecule has 6 heteroatoms. The van der Waals surface area contributed by atoms with Crippen LogP contribution in [-0.4, -0.2) is 23.0 Å². The number of amides is 1. The van der Waals surface area contributed by atoms with E-state index in [0.717, 1.165) is 16.9 Å². The van der Waals surface area contributed by atoms with Gasteiger partial charge in [-0.1, -0.05) is 54.6 Å². The predicted molar refractivity (Wildman–Crippen MR) is 120 cm³/mol. The zero-order chi connectivity index (χ0) is 21.6. The lowest BCUT2D eigenvalue weighted by molar-refractivity contribution is -0.121. The zero-order valence-electron chi connectivity index (χ0n) is 17.2. The van der Waals surface area contributed by atoms with Crippen LogP contribution in [0, 0.1) is 0 Å². The Balaban J connectivity index is 1.50. The van der Waals surface area contributed by atoms with Crippen LogP contribution in [0.3, 0.4) is 0 Å². The van der Waals surface area contributed by atoms with Crippen molar-refractivity contribution in [1.82, 2.24) is 15.3 Å². The zero-order valence-corrected chi connectivity index (χ0v) is 17.2. The Labute approximate surface area is 179 Å². The van der Waals surface area contributed by atoms with E-state index >= 15 is 0 Å². The first-order chi connectivity index (χ1) is 15.1. The summed E-state index contributed by atoms with van der Waals surface area (Å²) in [5, 5.41) is 3.65. The van der Waals surface area contributed by atoms with E-state index < -0.39 is 0 Å². The summed E-state index contributed by atoms with van der Waals surface area (Å²) in [6.45, 7) is 0. The Morgan fingerprint density at radius 2 is 1.65 bits per heavy atom. The van der Waals surface area contributed by atoms with Crippen LogP contribution in [0.25, 0.3) is 10.9 Å². The van der Waals surface area contributed by atoms with Crippen molar-refractivity contribution in [2.24, 2.45) is 0 Å². The molecule has 0 bridgehead atoms. The van der Waals surface area contributed by atoms with E-state index in [4.69, 9.17) is 4.74 Å². The number of aromatic nitrogens is 2. The molecule has 0 spiro atoms. The van der Waals surface area contributed by atoms with Crippen molar-refractivity contribution < 1.29 is 9.53 Å². The molecular weight excluding hydrogens is 390 g/mol. The topological polar surface area (TPSA) is 84.1 Å². The van der Waals surface area contributed by atoms with E-state index in [9.17, 15) is 9.59 Å². The molecule has 6 nitrogen and oxygen atoms in total. The molecule has 0 saturated carbocycles. The predicted octanol–water partition coefficient (Wildman–Crippen LogP) is 3.77. The number of fused-ring (bicyclic) bond motifs is 1. The molecule has 2 N–H and O–H groups in total. The van der Waals surface area contributed by atoms with Gasteiger partial charge in [0.15, 0.2) is 0 Å². The van der Waals surface area contributed by atoms with Crippen molar-refractivity contribution >= 4 is 16.8 Å². The fraction of sp³-hybridized carbons (Fsp3) is 0.160. The number of carbonyl (C=O) groups excluding carboxylic acids is 1. The first kappa shape index (κ1) is 20.3. The minimum atomic E-state index is -0.289. The number of para-hydroxylation sites is 1. The highest BCUT2D eigenvalue weighted by Crippen LogP contribution is 2.24. The molecule has 0 fully saturated rings. The summed E-state index contributed by atoms with van der Waals surface area (Å²) in [6.07, 6.45) is 0.552. The Kier molecular flexibility index (Phi) is 6.08. The summed E-state index contributed by atoms with van der Waals surface area (Å²) >= 11 is 0. The largest absolute Gasteiger partial charge is 0.497 e. The van der Waals surface area contributed by atoms with Crippen LogP contribution in [0.4, 0.5) is 0 Å². The summed E-state index contributed by atoms with van der Waals surface area (Å²) in [4.78, 5) is 32.3. The second-order valence-corrected chi connectivity index (χ2v) is 7.21. The first-order valence-electron chi connectivity index (χ1n) is 10.1. The lowest BCUT2D eigenvalue weighted by Crippen LogP contribution is -2.29. The van der Waals surface area contributed by atoms with Crippen molar-refractivity contribution in [3.05, 3.63) is 106 Å². The van der Waals surface area contributed by atoms with Gasteiger partial charge in [-0.25, -0.2) is 4.98 Å². The van der Waals surface area contributed by atoms with Crippen molar-refractivity contribution in [3.8, 4) is 5.75 Å². The van der Waals surface area contributed by atoms with Crippen LogP contribution in [0.15, 0.2) is 83.7 Å². The van der Waals surface area contributed by atoms with E-state index in [1.165, 1.54) is 0 Å². The maximum Gasteiger partial charge on any atom is 0.258 e. The minimum absolute atomic E-state index is 0.125. The van der Waals surface area contributed by atoms with E-state index in [1.807, 2.05) is 60.7 Å². The fourth-order valence-electron chi connectivity index (χ4n) is 3.52. The Morgan fingerprint density at radius 1 is 0.968 bits per heavy atom. The molecule has 156 valence electrons. The standard InChI is InChI=1S/C25H23N3O3/c1-31-19-13-11-18(12-14-19)24(17-7-3-2-4-8-17)28-23(29)16-15-22-26-21-10-6-5-9-20(21)25(30)27-22/h2-14,24H,15-16H2,1H3,(H,28,29)(H,26,27,30)/t24-/m1/s1. The molecule has 31 heavy (non-hydrogen) atoms. The van der Waals surface area contributed by atoms with Gasteiger partial charge < -0.3 is 15.0 Å². The number of nitrogens with one attached hydrogen (secondary N) is 2. The van der Waals surface area contributed by atoms with Gasteiger partial charge in [0.05, 0.1) is 24.1 Å². The van der Waals surface area contributed by atoms with Gasteiger partial charge in [-0.3, -0.25) is 9.59 Å². The molecule has 4 rings (SSSR count). The number of rotatable bonds is 7. The van der Waals surface area contributed by atoms with Crippen LogP contribution in [-0.2, 0) is 11.2 Å². The number of carbonyl (C=O) groups is 1. The van der Waals surface area contributed by atoms with Crippen molar-refractivity contribution in [1.29, 1.82) is 0 Å². The van der Waals surface area contributed by atoms with Gasteiger partial charge in [0.2, 0.25) is 5.91 Å². The highest BCUT2D eigenvalue weighted by Gasteiger charge is 2.17. The molecule has 1 atom stereocenters. The van der Waals surface area contributed by atoms with E-state index in [1.54, 1.807) is 25.3 Å². The minimum Gasteiger partial charge on any atom is -0.497 e. The number of methoxy groups -OCH3 is 1. The van der Waals surface area contributed by atoms with Gasteiger partial charge in [-0.2, -0.15) is 0 Å². The van der Waals surface area contributed by atoms with Crippen LogP contribution in [0.2, 0.25) is 0 Å². The van der Waals surface area contributed by atoms with Crippen molar-refractivity contribution in [2.45, 2.75) is 18.9 Å². The first-order valence-corrected chi connectivity index (χ1v) is 10.1. The average molecular weight is 413 g/mol. The summed E-state index contributed by atoms with van der Waals surface area (Å²) < 4.78 is 5.24. The monoisotopic (exact) mass is 413 g/mol. The second kappa shape index (κ2) is 9.26. The lowest BCUT2D eigenvalue weighted by atomic mass is 9.98. The van der Waals surface area contributed by atoms with Gasteiger partial charge in [0.25, 0.3) is 5.56 Å². The second-order valence-electron chi connectivity index (χ2n) is 7.21. The fourth-order valence-corrected chi connectivity index (χ4v) is 3.52. The summed E-state index contributed by atoms with van der Waals surface area (Å²) in [6, 6.07) is 24.3. The number of aromatic amines is 1. The highest BCUT2D eigenvalue weighted by molar-refractivity contribution is 5.78. The number of H-pyrrole nitrogens is 1. The molecular formula is C25H23N3O3. The molecule has 1 heterocycles. The molecule has 0 radical (unpaired) electrons. The van der Waals surface area contributed by atoms with Gasteiger partial charge in [-0.05, 0) is 35.4 Å². The summed E-state index contributed by atoms with van der Waals surface area (Å²) in [7, 11) is 1.62. The van der Waals surface area contributed by atoms with E-state index in [-0.39, 0.29) is 23.9 Å². The number of hydrogen-bond acceptors (Lipinski definition) is 4. The van der Waals surface area contributed by atoms with Crippen LogP contribution in [0.5, 0.6) is 5.75 Å². The Bertz CT molecular complexity index is 1230. The van der Waals surface area contributed by atoms with Gasteiger partial charge >= 0.3 is 0 Å². The molecule has 0 aliphatic carbocycles. The third kappa shape index (κ3) is 4.80. The quantitative estimate of drug-likeness (QED) is 0.483. The maximum atomic E-state index is 12.8. The van der Waals surface area contributed by atoms with Gasteiger partial charge in [-0.15, -0.1) is 0 Å². The Hall–Kier alpha value is -3.93. The van der Waals surface area contributed by atoms with Crippen LogP contribution >= 0.6 is 0 Å². The smallest absolute Gasteiger partial charge is 0.258 e. The number of hydrogen-bond donors (Lipinski definition) is 2. The number of nitrogens with zero attached hydrogens (tertiary/aromatic N) is 1. The van der Waals surface area contributed by atoms with Crippen molar-refractivity contribution in [3.63, 3.8) is 0 Å². The van der Waals surface area contributed by atoms with E-state index in [2.05, 4.69) is 15.3 Å². The average Bonchev–Trinajstić information content (AvgIpc) is 2.82. The number of aryl methyl sites for hydroxylation is 1. The molecule has 0 aliphatic rings.